The molecule has 0 saturated carbocycles. The fraction of sp³-hybridized carbons (Fsp3) is 0.353. The molecular formula is C17H20NO2Y-. The zero-order chi connectivity index (χ0) is 14.7. The van der Waals surface area contributed by atoms with Crippen LogP contribution in [0.4, 0.5) is 0 Å². The number of carbonyl (C=O) groups excluding carboxylic acids is 1. The van der Waals surface area contributed by atoms with Crippen molar-refractivity contribution in [1.29, 1.82) is 0 Å². The van der Waals surface area contributed by atoms with Crippen molar-refractivity contribution in [2.45, 2.75) is 20.3 Å². The van der Waals surface area contributed by atoms with Gasteiger partial charge in [0.1, 0.15) is 12.4 Å². The van der Waals surface area contributed by atoms with E-state index >= 15 is 0 Å². The van der Waals surface area contributed by atoms with Crippen LogP contribution in [-0.4, -0.2) is 24.5 Å². The summed E-state index contributed by atoms with van der Waals surface area (Å²) in [6.45, 7) is 8.07. The van der Waals surface area contributed by atoms with E-state index in [1.807, 2.05) is 39.1 Å². The molecule has 0 aliphatic carbocycles. The van der Waals surface area contributed by atoms with Gasteiger partial charge in [-0.2, -0.15) is 0 Å². The number of amides is 1. The molecule has 109 valence electrons. The minimum absolute atomic E-state index is 0. The van der Waals surface area contributed by atoms with Gasteiger partial charge in [-0.3, -0.25) is 4.79 Å². The summed E-state index contributed by atoms with van der Waals surface area (Å²) in [5, 5.41) is 0. The molecule has 1 heterocycles. The SMILES string of the molecule is C=CCOc1ccc(C2=[C-]CC(C)C(=O)N2C)c(C)c1.[Y]. The number of nitrogens with zero attached hydrogens (tertiary/aromatic N) is 1. The number of benzene rings is 1. The molecule has 4 heteroatoms. The van der Waals surface area contributed by atoms with E-state index < -0.39 is 0 Å². The van der Waals surface area contributed by atoms with Gasteiger partial charge < -0.3 is 9.64 Å². The largest absolute Gasteiger partial charge is 0.490 e. The fourth-order valence-electron chi connectivity index (χ4n) is 2.32. The topological polar surface area (TPSA) is 29.5 Å². The molecule has 1 atom stereocenters. The number of hydrogen-bond acceptors (Lipinski definition) is 2. The molecule has 0 saturated heterocycles. The van der Waals surface area contributed by atoms with Crippen molar-refractivity contribution in [3.63, 3.8) is 0 Å². The Morgan fingerprint density at radius 3 is 2.86 bits per heavy atom. The van der Waals surface area contributed by atoms with E-state index in [2.05, 4.69) is 12.7 Å². The van der Waals surface area contributed by atoms with E-state index in [0.717, 1.165) is 22.6 Å². The van der Waals surface area contributed by atoms with Crippen molar-refractivity contribution in [1.82, 2.24) is 4.90 Å². The van der Waals surface area contributed by atoms with Gasteiger partial charge in [0, 0.05) is 45.7 Å². The van der Waals surface area contributed by atoms with Crippen LogP contribution in [0.3, 0.4) is 0 Å². The third-order valence-electron chi connectivity index (χ3n) is 3.48. The summed E-state index contributed by atoms with van der Waals surface area (Å²) in [6.07, 6.45) is 5.72. The van der Waals surface area contributed by atoms with Gasteiger partial charge in [-0.25, -0.2) is 6.08 Å². The smallest absolute Gasteiger partial charge is 0.225 e. The van der Waals surface area contributed by atoms with Crippen molar-refractivity contribution in [3.8, 4) is 5.75 Å². The first-order valence-corrected chi connectivity index (χ1v) is 6.77. The molecular weight excluding hydrogens is 339 g/mol. The van der Waals surface area contributed by atoms with Gasteiger partial charge in [0.25, 0.3) is 0 Å². The molecule has 1 radical (unpaired) electrons. The Kier molecular flexibility index (Phi) is 6.82. The van der Waals surface area contributed by atoms with E-state index in [9.17, 15) is 4.79 Å². The average Bonchev–Trinajstić information content (AvgIpc) is 2.44. The standard InChI is InChI=1S/C17H20NO2.Y/c1-5-10-20-14-7-8-15(13(3)11-14)16-9-6-12(2)17(19)18(16)4;/h5,7-8,11-12H,1,6,10H2,2-4H3;/q-1;. The Balaban J connectivity index is 0.00000220. The average molecular weight is 359 g/mol. The molecule has 0 N–H and O–H groups in total. The minimum Gasteiger partial charge on any atom is -0.490 e. The Morgan fingerprint density at radius 2 is 2.24 bits per heavy atom. The molecule has 0 aromatic heterocycles. The van der Waals surface area contributed by atoms with Crippen LogP contribution < -0.4 is 4.74 Å². The monoisotopic (exact) mass is 359 g/mol. The third-order valence-corrected chi connectivity index (χ3v) is 3.48. The van der Waals surface area contributed by atoms with E-state index in [4.69, 9.17) is 4.74 Å². The van der Waals surface area contributed by atoms with Crippen LogP contribution in [0.25, 0.3) is 5.70 Å². The van der Waals surface area contributed by atoms with Crippen LogP contribution in [0.5, 0.6) is 5.75 Å². The van der Waals surface area contributed by atoms with Gasteiger partial charge in [0.2, 0.25) is 5.91 Å². The van der Waals surface area contributed by atoms with Crippen LogP contribution in [0.1, 0.15) is 24.5 Å². The Labute approximate surface area is 151 Å². The molecule has 0 bridgehead atoms. The van der Waals surface area contributed by atoms with Crippen molar-refractivity contribution in [2.75, 3.05) is 13.7 Å². The second-order valence-corrected chi connectivity index (χ2v) is 5.10. The van der Waals surface area contributed by atoms with Crippen LogP contribution in [0, 0.1) is 18.9 Å². The summed E-state index contributed by atoms with van der Waals surface area (Å²) in [5.74, 6) is 0.967. The third kappa shape index (κ3) is 4.05. The summed E-state index contributed by atoms with van der Waals surface area (Å²) in [4.78, 5) is 13.8. The van der Waals surface area contributed by atoms with Gasteiger partial charge in [-0.05, 0) is 12.1 Å². The zero-order valence-corrected chi connectivity index (χ0v) is 15.7. The van der Waals surface area contributed by atoms with E-state index in [-0.39, 0.29) is 44.5 Å². The number of hydrogen-bond donors (Lipinski definition) is 0. The first-order valence-electron chi connectivity index (χ1n) is 6.77. The summed E-state index contributed by atoms with van der Waals surface area (Å²) >= 11 is 0. The first kappa shape index (κ1) is 18.1. The molecule has 1 unspecified atom stereocenters. The number of rotatable bonds is 4. The molecule has 1 aromatic carbocycles. The van der Waals surface area contributed by atoms with E-state index in [1.54, 1.807) is 11.0 Å². The van der Waals surface area contributed by atoms with Crippen molar-refractivity contribution >= 4 is 11.6 Å². The van der Waals surface area contributed by atoms with Crippen LogP contribution in [0.15, 0.2) is 30.9 Å². The van der Waals surface area contributed by atoms with Crippen molar-refractivity contribution in [3.05, 3.63) is 48.1 Å². The van der Waals surface area contributed by atoms with Crippen molar-refractivity contribution in [2.24, 2.45) is 5.92 Å². The second-order valence-electron chi connectivity index (χ2n) is 5.10. The molecule has 1 aromatic rings. The molecule has 0 fully saturated rings. The van der Waals surface area contributed by atoms with Gasteiger partial charge in [-0.1, -0.05) is 32.9 Å². The maximum atomic E-state index is 12.1. The molecule has 21 heavy (non-hydrogen) atoms. The number of carbonyl (C=O) groups is 1. The number of ether oxygens (including phenoxy) is 1. The van der Waals surface area contributed by atoms with Gasteiger partial charge >= 0.3 is 0 Å². The van der Waals surface area contributed by atoms with Gasteiger partial charge in [-0.15, -0.1) is 22.9 Å². The van der Waals surface area contributed by atoms with E-state index in [0.29, 0.717) is 13.0 Å². The summed E-state index contributed by atoms with van der Waals surface area (Å²) in [5.41, 5.74) is 2.96. The second kappa shape index (κ2) is 7.91. The summed E-state index contributed by atoms with van der Waals surface area (Å²) in [7, 11) is 1.81. The Bertz CT molecular complexity index is 566. The van der Waals surface area contributed by atoms with Gasteiger partial charge in [0.15, 0.2) is 0 Å². The summed E-state index contributed by atoms with van der Waals surface area (Å²) < 4.78 is 5.52. The molecule has 3 nitrogen and oxygen atoms in total. The summed E-state index contributed by atoms with van der Waals surface area (Å²) in [6, 6.07) is 5.87. The normalized spacial score (nSPS) is 17.9. The predicted octanol–water partition coefficient (Wildman–Crippen LogP) is 3.20. The van der Waals surface area contributed by atoms with Crippen LogP contribution in [-0.2, 0) is 37.5 Å². The quantitative estimate of drug-likeness (QED) is 0.610. The van der Waals surface area contributed by atoms with Crippen LogP contribution >= 0.6 is 0 Å². The maximum absolute atomic E-state index is 12.1. The van der Waals surface area contributed by atoms with Crippen molar-refractivity contribution < 1.29 is 42.2 Å². The molecule has 1 aliphatic rings. The zero-order valence-electron chi connectivity index (χ0n) is 12.8. The molecule has 0 spiro atoms. The number of allylic oxidation sites excluding steroid dienone is 1. The first-order chi connectivity index (χ1) is 9.54. The molecule has 2 rings (SSSR count). The molecule has 1 aliphatic heterocycles. The maximum Gasteiger partial charge on any atom is 0.225 e. The van der Waals surface area contributed by atoms with Gasteiger partial charge in [0.05, 0.1) is 0 Å². The number of aryl methyl sites for hydroxylation is 1. The Hall–Kier alpha value is -0.926. The minimum atomic E-state index is 0. The van der Waals surface area contributed by atoms with E-state index in [1.165, 1.54) is 0 Å². The molecule has 1 amide bonds. The fourth-order valence-corrected chi connectivity index (χ4v) is 2.32. The Morgan fingerprint density at radius 1 is 1.52 bits per heavy atom. The predicted molar refractivity (Wildman–Crippen MR) is 80.1 cm³/mol. The van der Waals surface area contributed by atoms with Crippen LogP contribution in [0.2, 0.25) is 0 Å².